The Morgan fingerprint density at radius 1 is 1.17 bits per heavy atom. The van der Waals surface area contributed by atoms with E-state index in [9.17, 15) is 14.4 Å². The van der Waals surface area contributed by atoms with Crippen molar-refractivity contribution in [3.05, 3.63) is 63.4 Å². The van der Waals surface area contributed by atoms with E-state index < -0.39 is 23.7 Å². The normalized spacial score (nSPS) is 15.0. The summed E-state index contributed by atoms with van der Waals surface area (Å²) < 4.78 is 10.7. The Kier molecular flexibility index (Phi) is 7.69. The van der Waals surface area contributed by atoms with Crippen LogP contribution in [0.4, 0.5) is 4.79 Å². The SMILES string of the molecule is CCCCN(C)CCN(C)C(=O)OC1C(=O)OCc2c1cc(-c1nc3ccccc3cc1C)[nH]c2=O. The van der Waals surface area contributed by atoms with Crippen molar-refractivity contribution < 1.29 is 19.1 Å². The molecule has 36 heavy (non-hydrogen) atoms. The van der Waals surface area contributed by atoms with E-state index in [0.29, 0.717) is 30.0 Å². The van der Waals surface area contributed by atoms with Crippen LogP contribution in [0.1, 0.15) is 42.6 Å². The summed E-state index contributed by atoms with van der Waals surface area (Å²) in [6.07, 6.45) is 0.192. The Bertz CT molecular complexity index is 1340. The second-order valence-corrected chi connectivity index (χ2v) is 9.24. The number of fused-ring (bicyclic) bond motifs is 2. The first-order valence-electron chi connectivity index (χ1n) is 12.2. The van der Waals surface area contributed by atoms with Crippen molar-refractivity contribution >= 4 is 23.0 Å². The average Bonchev–Trinajstić information content (AvgIpc) is 2.86. The van der Waals surface area contributed by atoms with Crippen LogP contribution in [0.15, 0.2) is 41.2 Å². The minimum absolute atomic E-state index is 0.181. The van der Waals surface area contributed by atoms with Crippen LogP contribution >= 0.6 is 0 Å². The molecule has 9 nitrogen and oxygen atoms in total. The number of hydrogen-bond donors (Lipinski definition) is 1. The van der Waals surface area contributed by atoms with E-state index in [0.717, 1.165) is 35.9 Å². The lowest BCUT2D eigenvalue weighted by atomic mass is 9.99. The van der Waals surface area contributed by atoms with Gasteiger partial charge in [0.25, 0.3) is 5.56 Å². The van der Waals surface area contributed by atoms with Crippen molar-refractivity contribution in [3.8, 4) is 11.4 Å². The zero-order valence-corrected chi connectivity index (χ0v) is 21.2. The minimum Gasteiger partial charge on any atom is -0.458 e. The molecule has 0 spiro atoms. The lowest BCUT2D eigenvalue weighted by Crippen LogP contribution is -2.38. The molecule has 190 valence electrons. The Morgan fingerprint density at radius 2 is 1.94 bits per heavy atom. The molecule has 1 aliphatic heterocycles. The second-order valence-electron chi connectivity index (χ2n) is 9.24. The third kappa shape index (κ3) is 5.41. The lowest BCUT2D eigenvalue weighted by Gasteiger charge is -2.27. The molecule has 0 saturated carbocycles. The number of carbonyl (C=O) groups is 2. The number of para-hydroxylation sites is 1. The largest absolute Gasteiger partial charge is 0.458 e. The molecule has 1 amide bonds. The smallest absolute Gasteiger partial charge is 0.410 e. The summed E-state index contributed by atoms with van der Waals surface area (Å²) in [4.78, 5) is 49.5. The molecule has 0 aliphatic carbocycles. The first kappa shape index (κ1) is 25.4. The quantitative estimate of drug-likeness (QED) is 0.477. The van der Waals surface area contributed by atoms with E-state index in [4.69, 9.17) is 14.5 Å². The number of hydrogen-bond acceptors (Lipinski definition) is 7. The maximum Gasteiger partial charge on any atom is 0.410 e. The van der Waals surface area contributed by atoms with Crippen LogP contribution in [-0.2, 0) is 20.9 Å². The van der Waals surface area contributed by atoms with Crippen molar-refractivity contribution in [2.75, 3.05) is 33.7 Å². The summed E-state index contributed by atoms with van der Waals surface area (Å²) >= 11 is 0. The maximum absolute atomic E-state index is 12.9. The standard InChI is InChI=1S/C27H32N4O5/c1-5-6-11-30(3)12-13-31(4)27(34)36-24-19-15-22(29-25(32)20(19)16-35-26(24)33)23-17(2)14-18-9-7-8-10-21(18)28-23/h7-10,14-15,24H,5-6,11-13,16H2,1-4H3,(H,29,32). The molecule has 1 unspecified atom stereocenters. The number of pyridine rings is 2. The first-order valence-corrected chi connectivity index (χ1v) is 12.2. The predicted molar refractivity (Wildman–Crippen MR) is 137 cm³/mol. The highest BCUT2D eigenvalue weighted by atomic mass is 16.6. The lowest BCUT2D eigenvalue weighted by molar-refractivity contribution is -0.158. The van der Waals surface area contributed by atoms with Crippen LogP contribution in [0.25, 0.3) is 22.3 Å². The van der Waals surface area contributed by atoms with Gasteiger partial charge < -0.3 is 24.3 Å². The molecule has 0 fully saturated rings. The van der Waals surface area contributed by atoms with Crippen molar-refractivity contribution in [2.24, 2.45) is 0 Å². The average molecular weight is 493 g/mol. The number of nitrogens with one attached hydrogen (secondary N) is 1. The number of likely N-dealkylation sites (N-methyl/N-ethyl adjacent to an activating group) is 2. The van der Waals surface area contributed by atoms with Gasteiger partial charge in [-0.15, -0.1) is 0 Å². The van der Waals surface area contributed by atoms with Gasteiger partial charge in [-0.1, -0.05) is 31.5 Å². The molecule has 0 bridgehead atoms. The Hall–Kier alpha value is -3.72. The number of esters is 1. The van der Waals surface area contributed by atoms with Crippen LogP contribution in [0.5, 0.6) is 0 Å². The maximum atomic E-state index is 12.9. The monoisotopic (exact) mass is 492 g/mol. The van der Waals surface area contributed by atoms with Gasteiger partial charge in [-0.2, -0.15) is 0 Å². The fourth-order valence-electron chi connectivity index (χ4n) is 4.21. The summed E-state index contributed by atoms with van der Waals surface area (Å²) in [5, 5.41) is 0.984. The molecule has 3 aromatic rings. The zero-order chi connectivity index (χ0) is 25.8. The van der Waals surface area contributed by atoms with E-state index >= 15 is 0 Å². The molecular weight excluding hydrogens is 460 g/mol. The summed E-state index contributed by atoms with van der Waals surface area (Å²) in [6, 6.07) is 11.4. The number of unbranched alkanes of at least 4 members (excludes halogenated alkanes) is 1. The number of carbonyl (C=O) groups excluding carboxylic acids is 2. The van der Waals surface area contributed by atoms with E-state index in [1.807, 2.05) is 44.3 Å². The third-order valence-electron chi connectivity index (χ3n) is 6.44. The highest BCUT2D eigenvalue weighted by Crippen LogP contribution is 2.31. The van der Waals surface area contributed by atoms with Crippen LogP contribution in [0.2, 0.25) is 0 Å². The van der Waals surface area contributed by atoms with Gasteiger partial charge in [-0.25, -0.2) is 14.6 Å². The molecule has 1 aromatic carbocycles. The van der Waals surface area contributed by atoms with Gasteiger partial charge in [0.15, 0.2) is 0 Å². The topological polar surface area (TPSA) is 105 Å². The highest BCUT2D eigenvalue weighted by Gasteiger charge is 2.36. The van der Waals surface area contributed by atoms with Gasteiger partial charge in [-0.3, -0.25) is 4.79 Å². The molecular formula is C27H32N4O5. The number of aromatic nitrogens is 2. The van der Waals surface area contributed by atoms with Gasteiger partial charge in [0.1, 0.15) is 6.61 Å². The molecule has 4 rings (SSSR count). The third-order valence-corrected chi connectivity index (χ3v) is 6.44. The van der Waals surface area contributed by atoms with Crippen molar-refractivity contribution in [2.45, 2.75) is 39.4 Å². The second kappa shape index (κ2) is 10.9. The first-order chi connectivity index (χ1) is 17.3. The molecule has 2 aromatic heterocycles. The summed E-state index contributed by atoms with van der Waals surface area (Å²) in [6.45, 7) is 5.91. The number of ether oxygens (including phenoxy) is 2. The van der Waals surface area contributed by atoms with Crippen LogP contribution < -0.4 is 5.56 Å². The number of aryl methyl sites for hydroxylation is 1. The van der Waals surface area contributed by atoms with E-state index in [1.165, 1.54) is 4.90 Å². The number of amides is 1. The summed E-state index contributed by atoms with van der Waals surface area (Å²) in [5.74, 6) is -0.705. The Labute approximate surface area is 210 Å². The van der Waals surface area contributed by atoms with Crippen molar-refractivity contribution in [1.82, 2.24) is 19.8 Å². The van der Waals surface area contributed by atoms with Crippen LogP contribution in [0.3, 0.4) is 0 Å². The summed E-state index contributed by atoms with van der Waals surface area (Å²) in [5.41, 5.74) is 2.86. The molecule has 0 saturated heterocycles. The Balaban J connectivity index is 1.60. The van der Waals surface area contributed by atoms with Crippen molar-refractivity contribution in [3.63, 3.8) is 0 Å². The van der Waals surface area contributed by atoms with Gasteiger partial charge in [0.2, 0.25) is 6.10 Å². The number of cyclic esters (lactones) is 1. The van der Waals surface area contributed by atoms with Crippen LogP contribution in [-0.4, -0.2) is 65.6 Å². The zero-order valence-electron chi connectivity index (χ0n) is 21.2. The van der Waals surface area contributed by atoms with E-state index in [1.54, 1.807) is 13.1 Å². The number of nitrogens with zero attached hydrogens (tertiary/aromatic N) is 3. The number of aromatic amines is 1. The van der Waals surface area contributed by atoms with Crippen molar-refractivity contribution in [1.29, 1.82) is 0 Å². The van der Waals surface area contributed by atoms with E-state index in [-0.39, 0.29) is 12.2 Å². The van der Waals surface area contributed by atoms with E-state index in [2.05, 4.69) is 16.8 Å². The van der Waals surface area contributed by atoms with Gasteiger partial charge in [-0.05, 0) is 50.7 Å². The van der Waals surface area contributed by atoms with Gasteiger partial charge in [0.05, 0.1) is 22.5 Å². The number of H-pyrrole nitrogens is 1. The molecule has 1 atom stereocenters. The molecule has 0 radical (unpaired) electrons. The minimum atomic E-state index is -1.33. The fourth-order valence-corrected chi connectivity index (χ4v) is 4.21. The van der Waals surface area contributed by atoms with Gasteiger partial charge >= 0.3 is 12.1 Å². The number of rotatable bonds is 8. The number of benzene rings is 1. The fraction of sp³-hybridized carbons (Fsp3) is 0.407. The molecule has 3 heterocycles. The summed E-state index contributed by atoms with van der Waals surface area (Å²) in [7, 11) is 3.62. The molecule has 9 heteroatoms. The molecule has 1 aliphatic rings. The highest BCUT2D eigenvalue weighted by molar-refractivity contribution is 5.84. The van der Waals surface area contributed by atoms with Crippen LogP contribution in [0, 0.1) is 6.92 Å². The Morgan fingerprint density at radius 3 is 2.72 bits per heavy atom. The van der Waals surface area contributed by atoms with Gasteiger partial charge in [0, 0.05) is 31.1 Å². The predicted octanol–water partition coefficient (Wildman–Crippen LogP) is 3.80. The molecule has 1 N–H and O–H groups in total.